The van der Waals surface area contributed by atoms with Gasteiger partial charge in [-0.2, -0.15) is 10.4 Å². The second kappa shape index (κ2) is 3.07. The standard InChI is InChI=1S/C9H6N4/c10-6-8-2-3-9(7-11-8)13-5-1-4-12-13/h1-5,7H. The van der Waals surface area contributed by atoms with Gasteiger partial charge in [0.05, 0.1) is 11.9 Å². The second-order valence-corrected chi connectivity index (χ2v) is 2.46. The first-order valence-electron chi connectivity index (χ1n) is 3.76. The van der Waals surface area contributed by atoms with Gasteiger partial charge in [0, 0.05) is 12.4 Å². The molecule has 0 saturated carbocycles. The molecular weight excluding hydrogens is 164 g/mol. The minimum atomic E-state index is 0.413. The molecule has 0 saturated heterocycles. The van der Waals surface area contributed by atoms with Gasteiger partial charge in [-0.15, -0.1) is 0 Å². The molecule has 2 heterocycles. The molecule has 4 heteroatoms. The molecule has 2 aromatic rings. The highest BCUT2D eigenvalue weighted by Crippen LogP contribution is 2.04. The van der Waals surface area contributed by atoms with Crippen LogP contribution in [0.2, 0.25) is 0 Å². The molecule has 0 fully saturated rings. The summed E-state index contributed by atoms with van der Waals surface area (Å²) in [7, 11) is 0. The van der Waals surface area contributed by atoms with E-state index in [4.69, 9.17) is 5.26 Å². The first kappa shape index (κ1) is 7.50. The van der Waals surface area contributed by atoms with Gasteiger partial charge in [-0.05, 0) is 18.2 Å². The highest BCUT2D eigenvalue weighted by atomic mass is 15.3. The third-order valence-electron chi connectivity index (χ3n) is 1.63. The van der Waals surface area contributed by atoms with Gasteiger partial charge >= 0.3 is 0 Å². The number of hydrogen-bond donors (Lipinski definition) is 0. The zero-order valence-corrected chi connectivity index (χ0v) is 6.75. The molecule has 0 atom stereocenters. The molecule has 0 N–H and O–H groups in total. The Morgan fingerprint density at radius 3 is 2.85 bits per heavy atom. The Labute approximate surface area is 75.1 Å². The Kier molecular flexibility index (Phi) is 1.77. The van der Waals surface area contributed by atoms with Crippen LogP contribution in [0, 0.1) is 11.3 Å². The van der Waals surface area contributed by atoms with Crippen LogP contribution in [0.1, 0.15) is 5.69 Å². The molecule has 0 spiro atoms. The lowest BCUT2D eigenvalue weighted by Crippen LogP contribution is -1.95. The molecule has 0 aliphatic heterocycles. The van der Waals surface area contributed by atoms with Crippen LogP contribution in [0.25, 0.3) is 5.69 Å². The van der Waals surface area contributed by atoms with Crippen molar-refractivity contribution in [2.75, 3.05) is 0 Å². The molecule has 0 amide bonds. The van der Waals surface area contributed by atoms with Crippen molar-refractivity contribution in [3.8, 4) is 11.8 Å². The molecule has 0 unspecified atom stereocenters. The van der Waals surface area contributed by atoms with E-state index in [0.29, 0.717) is 5.69 Å². The maximum Gasteiger partial charge on any atom is 0.140 e. The first-order valence-corrected chi connectivity index (χ1v) is 3.76. The molecule has 4 nitrogen and oxygen atoms in total. The topological polar surface area (TPSA) is 54.5 Å². The van der Waals surface area contributed by atoms with Crippen molar-refractivity contribution >= 4 is 0 Å². The van der Waals surface area contributed by atoms with E-state index in [1.54, 1.807) is 29.2 Å². The van der Waals surface area contributed by atoms with Gasteiger partial charge in [-0.25, -0.2) is 9.67 Å². The number of nitrogens with zero attached hydrogens (tertiary/aromatic N) is 4. The maximum atomic E-state index is 8.52. The van der Waals surface area contributed by atoms with Gasteiger partial charge in [0.2, 0.25) is 0 Å². The van der Waals surface area contributed by atoms with E-state index in [2.05, 4.69) is 10.1 Å². The number of rotatable bonds is 1. The quantitative estimate of drug-likeness (QED) is 0.644. The molecule has 62 valence electrons. The summed E-state index contributed by atoms with van der Waals surface area (Å²) >= 11 is 0. The zero-order valence-electron chi connectivity index (χ0n) is 6.75. The molecule has 2 rings (SSSR count). The zero-order chi connectivity index (χ0) is 9.10. The Morgan fingerprint density at radius 2 is 2.31 bits per heavy atom. The average Bonchev–Trinajstić information content (AvgIpc) is 2.71. The van der Waals surface area contributed by atoms with Gasteiger partial charge in [0.1, 0.15) is 11.8 Å². The van der Waals surface area contributed by atoms with E-state index in [-0.39, 0.29) is 0 Å². The molecule has 2 aromatic heterocycles. The fraction of sp³-hybridized carbons (Fsp3) is 0. The van der Waals surface area contributed by atoms with Gasteiger partial charge < -0.3 is 0 Å². The molecule has 0 aromatic carbocycles. The van der Waals surface area contributed by atoms with Crippen LogP contribution >= 0.6 is 0 Å². The number of aromatic nitrogens is 3. The molecule has 0 bridgehead atoms. The predicted molar refractivity (Wildman–Crippen MR) is 46.1 cm³/mol. The lowest BCUT2D eigenvalue weighted by Gasteiger charge is -1.98. The van der Waals surface area contributed by atoms with E-state index >= 15 is 0 Å². The van der Waals surface area contributed by atoms with Crippen molar-refractivity contribution < 1.29 is 0 Å². The summed E-state index contributed by atoms with van der Waals surface area (Å²) in [6, 6.07) is 7.26. The van der Waals surface area contributed by atoms with Crippen molar-refractivity contribution in [3.05, 3.63) is 42.5 Å². The van der Waals surface area contributed by atoms with Gasteiger partial charge in [0.15, 0.2) is 0 Å². The Balaban J connectivity index is 2.40. The van der Waals surface area contributed by atoms with Crippen molar-refractivity contribution in [3.63, 3.8) is 0 Å². The summed E-state index contributed by atoms with van der Waals surface area (Å²) in [6.45, 7) is 0. The van der Waals surface area contributed by atoms with E-state index < -0.39 is 0 Å². The van der Waals surface area contributed by atoms with Crippen LogP contribution < -0.4 is 0 Å². The first-order chi connectivity index (χ1) is 6.40. The largest absolute Gasteiger partial charge is 0.243 e. The van der Waals surface area contributed by atoms with E-state index in [9.17, 15) is 0 Å². The van der Waals surface area contributed by atoms with Crippen molar-refractivity contribution in [2.45, 2.75) is 0 Å². The Bertz CT molecular complexity index is 422. The average molecular weight is 170 g/mol. The van der Waals surface area contributed by atoms with E-state index in [1.165, 1.54) is 0 Å². The highest BCUT2D eigenvalue weighted by Gasteiger charge is 1.96. The lowest BCUT2D eigenvalue weighted by molar-refractivity contribution is 0.873. The SMILES string of the molecule is N#Cc1ccc(-n2cccn2)cn1. The van der Waals surface area contributed by atoms with Gasteiger partial charge in [0.25, 0.3) is 0 Å². The third kappa shape index (κ3) is 1.40. The lowest BCUT2D eigenvalue weighted by atomic mass is 10.3. The summed E-state index contributed by atoms with van der Waals surface area (Å²) in [5.41, 5.74) is 1.26. The highest BCUT2D eigenvalue weighted by molar-refractivity contribution is 5.31. The van der Waals surface area contributed by atoms with Gasteiger partial charge in [-0.1, -0.05) is 0 Å². The molecule has 0 aliphatic carbocycles. The summed E-state index contributed by atoms with van der Waals surface area (Å²) < 4.78 is 1.69. The minimum absolute atomic E-state index is 0.413. The van der Waals surface area contributed by atoms with Crippen LogP contribution in [0.3, 0.4) is 0 Å². The second-order valence-electron chi connectivity index (χ2n) is 2.46. The number of nitriles is 1. The van der Waals surface area contributed by atoms with Crippen LogP contribution in [-0.2, 0) is 0 Å². The van der Waals surface area contributed by atoms with Crippen molar-refractivity contribution in [2.24, 2.45) is 0 Å². The third-order valence-corrected chi connectivity index (χ3v) is 1.63. The summed E-state index contributed by atoms with van der Waals surface area (Å²) in [5, 5.41) is 12.6. The summed E-state index contributed by atoms with van der Waals surface area (Å²) in [4.78, 5) is 3.93. The van der Waals surface area contributed by atoms with E-state index in [1.807, 2.05) is 18.3 Å². The van der Waals surface area contributed by atoms with Crippen molar-refractivity contribution in [1.29, 1.82) is 5.26 Å². The van der Waals surface area contributed by atoms with E-state index in [0.717, 1.165) is 5.69 Å². The summed E-state index contributed by atoms with van der Waals surface area (Å²) in [5.74, 6) is 0. The Morgan fingerprint density at radius 1 is 1.38 bits per heavy atom. The van der Waals surface area contributed by atoms with Crippen molar-refractivity contribution in [1.82, 2.24) is 14.8 Å². The molecule has 0 aliphatic rings. The van der Waals surface area contributed by atoms with Crippen LogP contribution in [0.5, 0.6) is 0 Å². The molecule has 0 radical (unpaired) electrons. The van der Waals surface area contributed by atoms with Gasteiger partial charge in [-0.3, -0.25) is 0 Å². The Hall–Kier alpha value is -2.15. The predicted octanol–water partition coefficient (Wildman–Crippen LogP) is 1.14. The fourth-order valence-electron chi connectivity index (χ4n) is 1.01. The fourth-order valence-corrected chi connectivity index (χ4v) is 1.01. The maximum absolute atomic E-state index is 8.52. The summed E-state index contributed by atoms with van der Waals surface area (Å²) in [6.07, 6.45) is 5.13. The van der Waals surface area contributed by atoms with Crippen LogP contribution in [-0.4, -0.2) is 14.8 Å². The normalized spacial score (nSPS) is 9.46. The smallest absolute Gasteiger partial charge is 0.140 e. The van der Waals surface area contributed by atoms with Crippen LogP contribution in [0.4, 0.5) is 0 Å². The molecular formula is C9H6N4. The monoisotopic (exact) mass is 170 g/mol. The molecule has 13 heavy (non-hydrogen) atoms. The minimum Gasteiger partial charge on any atom is -0.243 e. The number of hydrogen-bond acceptors (Lipinski definition) is 3. The number of pyridine rings is 1. The van der Waals surface area contributed by atoms with Crippen LogP contribution in [0.15, 0.2) is 36.8 Å².